The summed E-state index contributed by atoms with van der Waals surface area (Å²) in [5.74, 6) is -0.489. The molecule has 0 spiro atoms. The van der Waals surface area contributed by atoms with E-state index in [2.05, 4.69) is 18.5 Å². The monoisotopic (exact) mass is 676 g/mol. The largest absolute Gasteiger partial charge is 0.444 e. The highest BCUT2D eigenvalue weighted by Crippen LogP contribution is 2.42. The number of amides is 1. The quantitative estimate of drug-likeness (QED) is 0.152. The van der Waals surface area contributed by atoms with Gasteiger partial charge in [-0.1, -0.05) is 72.3 Å². The molecule has 1 atom stereocenters. The zero-order chi connectivity index (χ0) is 34.5. The van der Waals surface area contributed by atoms with E-state index in [1.807, 2.05) is 73.4 Å². The first-order chi connectivity index (χ1) is 22.3. The van der Waals surface area contributed by atoms with Crippen molar-refractivity contribution in [3.63, 3.8) is 0 Å². The van der Waals surface area contributed by atoms with Crippen LogP contribution in [-0.2, 0) is 18.3 Å². The van der Waals surface area contributed by atoms with Gasteiger partial charge in [-0.25, -0.2) is 9.18 Å². The molecule has 1 unspecified atom stereocenters. The van der Waals surface area contributed by atoms with Crippen molar-refractivity contribution in [3.8, 4) is 33.5 Å². The van der Waals surface area contributed by atoms with Gasteiger partial charge in [0.25, 0.3) is 0 Å². The highest BCUT2D eigenvalue weighted by Gasteiger charge is 2.27. The number of carbonyl (C=O) groups is 1. The Bertz CT molecular complexity index is 1750. The molecule has 4 rings (SSSR count). The predicted molar refractivity (Wildman–Crippen MR) is 193 cm³/mol. The van der Waals surface area contributed by atoms with E-state index in [4.69, 9.17) is 32.9 Å². The Hall–Kier alpha value is -3.91. The SMILES string of the molecule is C=CCCC(CN(Cc1c(F)cc(-c2cccc(-c3cccc(-c4cc(C=C)n(C)c4)c3Cl)c2Cl)nc1C)C(=O)OC(C)(C)C)NC. The number of halogens is 3. The number of ether oxygens (including phenoxy) is 1. The van der Waals surface area contributed by atoms with Crippen molar-refractivity contribution in [1.29, 1.82) is 0 Å². The number of nitrogens with one attached hydrogen (secondary N) is 1. The Morgan fingerprint density at radius 1 is 1.09 bits per heavy atom. The van der Waals surface area contributed by atoms with Crippen molar-refractivity contribution >= 4 is 35.4 Å². The first-order valence-electron chi connectivity index (χ1n) is 15.6. The first-order valence-corrected chi connectivity index (χ1v) is 16.3. The van der Waals surface area contributed by atoms with Crippen LogP contribution in [0.1, 0.15) is 50.6 Å². The van der Waals surface area contributed by atoms with Crippen LogP contribution >= 0.6 is 23.2 Å². The standard InChI is InChI=1S/C38H43Cl2FN4O2/c1-9-11-14-26(42-7)22-45(37(46)47-38(4,5)6)23-32-24(3)43-34(20-33(32)41)31-18-13-17-30(36(31)40)29-16-12-15-28(35(29)39)25-19-27(10-2)44(8)21-25/h9-10,12-13,15-21,26,42H,1-2,11,14,22-23H2,3-8H3. The first kappa shape index (κ1) is 35.9. The van der Waals surface area contributed by atoms with Crippen LogP contribution in [0.15, 0.2) is 74.0 Å². The lowest BCUT2D eigenvalue weighted by atomic mass is 9.97. The zero-order valence-electron chi connectivity index (χ0n) is 28.0. The smallest absolute Gasteiger partial charge is 0.410 e. The van der Waals surface area contributed by atoms with Crippen LogP contribution < -0.4 is 5.32 Å². The molecule has 47 heavy (non-hydrogen) atoms. The number of nitrogens with zero attached hydrogens (tertiary/aromatic N) is 3. The third kappa shape index (κ3) is 8.52. The molecule has 2 heterocycles. The van der Waals surface area contributed by atoms with Gasteiger partial charge in [-0.05, 0) is 59.7 Å². The van der Waals surface area contributed by atoms with Crippen LogP contribution in [0.4, 0.5) is 9.18 Å². The topological polar surface area (TPSA) is 59.4 Å². The molecule has 248 valence electrons. The number of hydrogen-bond acceptors (Lipinski definition) is 4. The van der Waals surface area contributed by atoms with Crippen molar-refractivity contribution < 1.29 is 13.9 Å². The molecule has 0 radical (unpaired) electrons. The van der Waals surface area contributed by atoms with Gasteiger partial charge >= 0.3 is 6.09 Å². The number of allylic oxidation sites excluding steroid dienone is 1. The maximum absolute atomic E-state index is 16.0. The Balaban J connectivity index is 1.70. The Kier molecular flexibility index (Phi) is 11.7. The fourth-order valence-electron chi connectivity index (χ4n) is 5.45. The minimum atomic E-state index is -0.707. The summed E-state index contributed by atoms with van der Waals surface area (Å²) in [6.45, 7) is 15.2. The van der Waals surface area contributed by atoms with Gasteiger partial charge in [-0.15, -0.1) is 6.58 Å². The lowest BCUT2D eigenvalue weighted by Crippen LogP contribution is -2.44. The van der Waals surface area contributed by atoms with Gasteiger partial charge in [-0.2, -0.15) is 0 Å². The molecule has 0 aliphatic rings. The van der Waals surface area contributed by atoms with Crippen LogP contribution in [0.3, 0.4) is 0 Å². The van der Waals surface area contributed by atoms with E-state index in [0.29, 0.717) is 44.7 Å². The highest BCUT2D eigenvalue weighted by atomic mass is 35.5. The van der Waals surface area contributed by atoms with Gasteiger partial charge < -0.3 is 19.5 Å². The maximum Gasteiger partial charge on any atom is 0.410 e. The van der Waals surface area contributed by atoms with E-state index in [9.17, 15) is 4.79 Å². The number of likely N-dealkylation sites (N-methyl/N-ethyl adjacent to an activating group) is 1. The normalized spacial score (nSPS) is 12.1. The molecule has 0 saturated carbocycles. The highest BCUT2D eigenvalue weighted by molar-refractivity contribution is 6.39. The Morgan fingerprint density at radius 3 is 2.26 bits per heavy atom. The summed E-state index contributed by atoms with van der Waals surface area (Å²) in [5, 5.41) is 4.20. The van der Waals surface area contributed by atoms with Gasteiger partial charge in [0.1, 0.15) is 11.4 Å². The summed E-state index contributed by atoms with van der Waals surface area (Å²) in [6, 6.07) is 14.7. The molecule has 1 N–H and O–H groups in total. The van der Waals surface area contributed by atoms with E-state index in [1.165, 1.54) is 11.0 Å². The number of aryl methyl sites for hydroxylation is 2. The number of benzene rings is 2. The molecule has 2 aromatic carbocycles. The molecular weight excluding hydrogens is 634 g/mol. The van der Waals surface area contributed by atoms with Crippen LogP contribution in [0.5, 0.6) is 0 Å². The van der Waals surface area contributed by atoms with E-state index < -0.39 is 17.5 Å². The Morgan fingerprint density at radius 2 is 1.70 bits per heavy atom. The van der Waals surface area contributed by atoms with Crippen molar-refractivity contribution in [2.45, 2.75) is 58.7 Å². The van der Waals surface area contributed by atoms with Gasteiger partial charge in [0.2, 0.25) is 0 Å². The van der Waals surface area contributed by atoms with Crippen molar-refractivity contribution in [2.24, 2.45) is 7.05 Å². The minimum absolute atomic E-state index is 0.00461. The van der Waals surface area contributed by atoms with Crippen molar-refractivity contribution in [1.82, 2.24) is 19.8 Å². The third-order valence-electron chi connectivity index (χ3n) is 7.97. The number of aromatic nitrogens is 2. The van der Waals surface area contributed by atoms with Gasteiger partial charge in [0, 0.05) is 76.7 Å². The zero-order valence-corrected chi connectivity index (χ0v) is 29.5. The second-order valence-corrected chi connectivity index (χ2v) is 13.3. The van der Waals surface area contributed by atoms with Crippen molar-refractivity contribution in [3.05, 3.63) is 107 Å². The molecule has 4 aromatic rings. The summed E-state index contributed by atoms with van der Waals surface area (Å²) in [6.07, 6.45) is 6.64. The number of pyridine rings is 1. The summed E-state index contributed by atoms with van der Waals surface area (Å²) < 4.78 is 23.7. The van der Waals surface area contributed by atoms with Crippen LogP contribution in [0, 0.1) is 12.7 Å². The molecule has 1 amide bonds. The van der Waals surface area contributed by atoms with E-state index in [1.54, 1.807) is 33.8 Å². The average molecular weight is 678 g/mol. The number of carbonyl (C=O) groups excluding carboxylic acids is 1. The molecule has 9 heteroatoms. The molecule has 6 nitrogen and oxygen atoms in total. The summed E-state index contributed by atoms with van der Waals surface area (Å²) in [7, 11) is 3.79. The summed E-state index contributed by atoms with van der Waals surface area (Å²) in [5.41, 5.74) is 5.23. The molecule has 0 saturated heterocycles. The van der Waals surface area contributed by atoms with Crippen LogP contribution in [-0.4, -0.2) is 45.8 Å². The molecule has 2 aromatic heterocycles. The molecular formula is C38H43Cl2FN4O2. The van der Waals surface area contributed by atoms with E-state index >= 15 is 4.39 Å². The van der Waals surface area contributed by atoms with Crippen LogP contribution in [0.25, 0.3) is 39.6 Å². The predicted octanol–water partition coefficient (Wildman–Crippen LogP) is 10.1. The number of hydrogen-bond donors (Lipinski definition) is 1. The van der Waals surface area contributed by atoms with E-state index in [-0.39, 0.29) is 12.6 Å². The number of rotatable bonds is 12. The second kappa shape index (κ2) is 15.3. The minimum Gasteiger partial charge on any atom is -0.444 e. The van der Waals surface area contributed by atoms with Gasteiger partial charge in [-0.3, -0.25) is 4.98 Å². The van der Waals surface area contributed by atoms with Crippen molar-refractivity contribution in [2.75, 3.05) is 13.6 Å². The summed E-state index contributed by atoms with van der Waals surface area (Å²) >= 11 is 14.0. The maximum atomic E-state index is 16.0. The van der Waals surface area contributed by atoms with Gasteiger partial charge in [0.15, 0.2) is 0 Å². The van der Waals surface area contributed by atoms with Gasteiger partial charge in [0.05, 0.1) is 22.3 Å². The summed E-state index contributed by atoms with van der Waals surface area (Å²) in [4.78, 5) is 19.6. The van der Waals surface area contributed by atoms with E-state index in [0.717, 1.165) is 35.2 Å². The fraction of sp³-hybridized carbons (Fsp3) is 0.316. The molecule has 0 bridgehead atoms. The second-order valence-electron chi connectivity index (χ2n) is 12.6. The Labute approximate surface area is 287 Å². The lowest BCUT2D eigenvalue weighted by Gasteiger charge is -2.30. The molecule has 0 aliphatic carbocycles. The lowest BCUT2D eigenvalue weighted by molar-refractivity contribution is 0.0212. The molecule has 0 aliphatic heterocycles. The van der Waals surface area contributed by atoms with Crippen LogP contribution in [0.2, 0.25) is 10.0 Å². The molecule has 0 fully saturated rings. The third-order valence-corrected chi connectivity index (χ3v) is 8.79. The fourth-order valence-corrected chi connectivity index (χ4v) is 6.12. The average Bonchev–Trinajstić information content (AvgIpc) is 3.39.